The zero-order valence-corrected chi connectivity index (χ0v) is 11.6. The molecule has 21 heavy (non-hydrogen) atoms. The third kappa shape index (κ3) is 2.65. The molecule has 6 nitrogen and oxygen atoms in total. The Labute approximate surface area is 121 Å². The number of nitrogens with zero attached hydrogens (tertiary/aromatic N) is 2. The van der Waals surface area contributed by atoms with E-state index in [1.54, 1.807) is 0 Å². The van der Waals surface area contributed by atoms with Crippen molar-refractivity contribution in [1.29, 1.82) is 0 Å². The molecule has 0 atom stereocenters. The summed E-state index contributed by atoms with van der Waals surface area (Å²) in [6.45, 7) is 2.98. The summed E-state index contributed by atoms with van der Waals surface area (Å²) in [5.41, 5.74) is 2.16. The van der Waals surface area contributed by atoms with Crippen molar-refractivity contribution in [2.75, 3.05) is 19.6 Å². The summed E-state index contributed by atoms with van der Waals surface area (Å²) in [5, 5.41) is 2.69. The van der Waals surface area contributed by atoms with E-state index in [0.717, 1.165) is 11.1 Å². The van der Waals surface area contributed by atoms with Gasteiger partial charge in [0.15, 0.2) is 17.8 Å². The fourth-order valence-corrected chi connectivity index (χ4v) is 2.27. The van der Waals surface area contributed by atoms with Crippen molar-refractivity contribution < 1.29 is 14.0 Å². The van der Waals surface area contributed by atoms with E-state index in [9.17, 15) is 9.59 Å². The summed E-state index contributed by atoms with van der Waals surface area (Å²) in [6.07, 6.45) is 1.26. The van der Waals surface area contributed by atoms with Crippen LogP contribution in [0.2, 0.25) is 0 Å². The number of carbonyl (C=O) groups is 2. The first-order valence-corrected chi connectivity index (χ1v) is 6.71. The predicted octanol–water partition coefficient (Wildman–Crippen LogP) is 1.22. The van der Waals surface area contributed by atoms with Gasteiger partial charge in [-0.25, -0.2) is 4.98 Å². The van der Waals surface area contributed by atoms with Crippen molar-refractivity contribution in [3.63, 3.8) is 0 Å². The molecule has 2 aromatic rings. The lowest BCUT2D eigenvalue weighted by atomic mass is 10.1. The molecule has 3 rings (SSSR count). The van der Waals surface area contributed by atoms with E-state index in [-0.39, 0.29) is 24.1 Å². The van der Waals surface area contributed by atoms with Crippen molar-refractivity contribution >= 4 is 11.8 Å². The van der Waals surface area contributed by atoms with Gasteiger partial charge in [0.1, 0.15) is 0 Å². The van der Waals surface area contributed by atoms with Gasteiger partial charge in [-0.15, -0.1) is 0 Å². The summed E-state index contributed by atoms with van der Waals surface area (Å²) >= 11 is 0. The number of benzene rings is 1. The van der Waals surface area contributed by atoms with E-state index >= 15 is 0 Å². The van der Waals surface area contributed by atoms with Gasteiger partial charge in [0, 0.05) is 18.7 Å². The van der Waals surface area contributed by atoms with E-state index in [1.807, 2.05) is 31.2 Å². The highest BCUT2D eigenvalue weighted by atomic mass is 16.3. The summed E-state index contributed by atoms with van der Waals surface area (Å²) in [5.74, 6) is -0.00450. The molecule has 0 radical (unpaired) electrons. The fraction of sp³-hybridized carbons (Fsp3) is 0.267. The van der Waals surface area contributed by atoms with Crippen LogP contribution in [0.1, 0.15) is 16.1 Å². The van der Waals surface area contributed by atoms with Crippen molar-refractivity contribution in [2.45, 2.75) is 6.92 Å². The molecule has 2 heterocycles. The minimum atomic E-state index is -0.283. The SMILES string of the molecule is Cc1ccc(-c2ocnc2C(=O)N2CCNC(=O)C2)cc1. The highest BCUT2D eigenvalue weighted by Gasteiger charge is 2.27. The number of amides is 2. The minimum absolute atomic E-state index is 0.0546. The molecular formula is C15H15N3O3. The van der Waals surface area contributed by atoms with Gasteiger partial charge in [-0.2, -0.15) is 0 Å². The van der Waals surface area contributed by atoms with Gasteiger partial charge in [-0.05, 0) is 6.92 Å². The molecule has 0 aliphatic carbocycles. The van der Waals surface area contributed by atoms with Crippen LogP contribution in [0.25, 0.3) is 11.3 Å². The molecule has 0 unspecified atom stereocenters. The Balaban J connectivity index is 1.89. The van der Waals surface area contributed by atoms with Crippen LogP contribution in [-0.2, 0) is 4.79 Å². The van der Waals surface area contributed by atoms with Gasteiger partial charge in [-0.3, -0.25) is 9.59 Å². The molecule has 2 amide bonds. The van der Waals surface area contributed by atoms with Crippen LogP contribution in [0.3, 0.4) is 0 Å². The van der Waals surface area contributed by atoms with E-state index in [2.05, 4.69) is 10.3 Å². The van der Waals surface area contributed by atoms with E-state index in [4.69, 9.17) is 4.42 Å². The number of aryl methyl sites for hydroxylation is 1. The Morgan fingerprint density at radius 1 is 1.33 bits per heavy atom. The third-order valence-electron chi connectivity index (χ3n) is 3.41. The molecule has 1 aliphatic rings. The Morgan fingerprint density at radius 3 is 2.81 bits per heavy atom. The maximum atomic E-state index is 12.5. The zero-order valence-electron chi connectivity index (χ0n) is 11.6. The Kier molecular flexibility index (Phi) is 3.43. The smallest absolute Gasteiger partial charge is 0.277 e. The quantitative estimate of drug-likeness (QED) is 0.900. The second-order valence-electron chi connectivity index (χ2n) is 4.97. The molecule has 6 heteroatoms. The Hall–Kier alpha value is -2.63. The first-order chi connectivity index (χ1) is 10.1. The first-order valence-electron chi connectivity index (χ1n) is 6.71. The van der Waals surface area contributed by atoms with Crippen molar-refractivity contribution in [3.05, 3.63) is 41.9 Å². The zero-order chi connectivity index (χ0) is 14.8. The van der Waals surface area contributed by atoms with Crippen LogP contribution in [0, 0.1) is 6.92 Å². The van der Waals surface area contributed by atoms with E-state index in [1.165, 1.54) is 11.3 Å². The Bertz CT molecular complexity index is 676. The molecule has 1 N–H and O–H groups in total. The standard InChI is InChI=1S/C15H15N3O3/c1-10-2-4-11(5-3-10)14-13(17-9-21-14)15(20)18-7-6-16-12(19)8-18/h2-5,9H,6-8H2,1H3,(H,16,19). The van der Waals surface area contributed by atoms with Gasteiger partial charge in [0.2, 0.25) is 5.91 Å². The van der Waals surface area contributed by atoms with Crippen LogP contribution in [0.15, 0.2) is 35.1 Å². The number of carbonyl (C=O) groups excluding carboxylic acids is 2. The van der Waals surface area contributed by atoms with E-state index in [0.29, 0.717) is 18.8 Å². The first kappa shape index (κ1) is 13.4. The van der Waals surface area contributed by atoms with Crippen LogP contribution < -0.4 is 5.32 Å². The highest BCUT2D eigenvalue weighted by molar-refractivity contribution is 5.99. The number of nitrogens with one attached hydrogen (secondary N) is 1. The van der Waals surface area contributed by atoms with Crippen LogP contribution in [-0.4, -0.2) is 41.3 Å². The van der Waals surface area contributed by atoms with Gasteiger partial charge in [-0.1, -0.05) is 29.8 Å². The molecule has 0 saturated carbocycles. The normalized spacial score (nSPS) is 14.9. The maximum absolute atomic E-state index is 12.5. The van der Waals surface area contributed by atoms with Crippen LogP contribution in [0.4, 0.5) is 0 Å². The lowest BCUT2D eigenvalue weighted by Gasteiger charge is -2.26. The van der Waals surface area contributed by atoms with Gasteiger partial charge < -0.3 is 14.6 Å². The molecular weight excluding hydrogens is 270 g/mol. The number of hydrogen-bond acceptors (Lipinski definition) is 4. The Morgan fingerprint density at radius 2 is 2.10 bits per heavy atom. The summed E-state index contributed by atoms with van der Waals surface area (Å²) < 4.78 is 5.37. The van der Waals surface area contributed by atoms with Crippen LogP contribution >= 0.6 is 0 Å². The molecule has 0 bridgehead atoms. The van der Waals surface area contributed by atoms with Gasteiger partial charge in [0.25, 0.3) is 5.91 Å². The van der Waals surface area contributed by atoms with E-state index < -0.39 is 0 Å². The van der Waals surface area contributed by atoms with Crippen molar-refractivity contribution in [1.82, 2.24) is 15.2 Å². The lowest BCUT2D eigenvalue weighted by Crippen LogP contribution is -2.50. The maximum Gasteiger partial charge on any atom is 0.277 e. The molecule has 0 spiro atoms. The largest absolute Gasteiger partial charge is 0.443 e. The second kappa shape index (κ2) is 5.40. The summed E-state index contributed by atoms with van der Waals surface area (Å²) in [6, 6.07) is 7.66. The number of hydrogen-bond donors (Lipinski definition) is 1. The number of piperazine rings is 1. The molecule has 1 aliphatic heterocycles. The molecule has 1 aromatic heterocycles. The van der Waals surface area contributed by atoms with Crippen molar-refractivity contribution in [3.8, 4) is 11.3 Å². The van der Waals surface area contributed by atoms with Gasteiger partial charge in [0.05, 0.1) is 6.54 Å². The number of aromatic nitrogens is 1. The lowest BCUT2D eigenvalue weighted by molar-refractivity contribution is -0.123. The number of oxazole rings is 1. The monoisotopic (exact) mass is 285 g/mol. The molecule has 1 aromatic carbocycles. The number of rotatable bonds is 2. The topological polar surface area (TPSA) is 75.4 Å². The molecule has 1 fully saturated rings. The molecule has 1 saturated heterocycles. The molecule has 108 valence electrons. The second-order valence-corrected chi connectivity index (χ2v) is 4.97. The van der Waals surface area contributed by atoms with Gasteiger partial charge >= 0.3 is 0 Å². The van der Waals surface area contributed by atoms with Crippen molar-refractivity contribution in [2.24, 2.45) is 0 Å². The highest BCUT2D eigenvalue weighted by Crippen LogP contribution is 2.24. The summed E-state index contributed by atoms with van der Waals surface area (Å²) in [7, 11) is 0. The average molecular weight is 285 g/mol. The average Bonchev–Trinajstić information content (AvgIpc) is 2.96. The minimum Gasteiger partial charge on any atom is -0.443 e. The fourth-order valence-electron chi connectivity index (χ4n) is 2.27. The summed E-state index contributed by atoms with van der Waals surface area (Å²) in [4.78, 5) is 29.4. The third-order valence-corrected chi connectivity index (χ3v) is 3.41. The predicted molar refractivity (Wildman–Crippen MR) is 75.6 cm³/mol. The van der Waals surface area contributed by atoms with Crippen LogP contribution in [0.5, 0.6) is 0 Å².